The van der Waals surface area contributed by atoms with Gasteiger partial charge in [0.15, 0.2) is 5.83 Å². The van der Waals surface area contributed by atoms with Crippen LogP contribution >= 0.6 is 11.6 Å². The Balaban J connectivity index is 2.30. The van der Waals surface area contributed by atoms with E-state index in [2.05, 4.69) is 11.6 Å². The number of hydrogen-bond donors (Lipinski definition) is 1. The van der Waals surface area contributed by atoms with Crippen LogP contribution in [-0.4, -0.2) is 23.1 Å². The molecular formula is C16H9ClF7NO. The van der Waals surface area contributed by atoms with Gasteiger partial charge in [-0.25, -0.2) is 4.39 Å². The second kappa shape index (κ2) is 6.79. The zero-order chi connectivity index (χ0) is 19.8. The topological polar surface area (TPSA) is 29.1 Å². The number of halogens is 8. The Labute approximate surface area is 147 Å². The number of alkyl halides is 7. The van der Waals surface area contributed by atoms with Crippen LogP contribution in [0.4, 0.5) is 36.4 Å². The number of amides is 1. The predicted octanol–water partition coefficient (Wildman–Crippen LogP) is 5.73. The van der Waals surface area contributed by atoms with Crippen molar-refractivity contribution in [2.45, 2.75) is 17.2 Å². The van der Waals surface area contributed by atoms with Crippen molar-refractivity contribution in [1.29, 1.82) is 0 Å². The predicted molar refractivity (Wildman–Crippen MR) is 82.5 cm³/mol. The van der Waals surface area contributed by atoms with Crippen molar-refractivity contribution in [2.75, 3.05) is 5.32 Å². The maximum atomic E-state index is 13.5. The SMILES string of the molecule is O=C(/C=C(\F)C(F)(F)C(F)(F)C(F)(F)Cl)Nc1cccc2ccccc12. The molecule has 10 heteroatoms. The van der Waals surface area contributed by atoms with E-state index < -0.39 is 35.0 Å². The van der Waals surface area contributed by atoms with Gasteiger partial charge in [0.2, 0.25) is 0 Å². The summed E-state index contributed by atoms with van der Waals surface area (Å²) in [4.78, 5) is 11.7. The lowest BCUT2D eigenvalue weighted by molar-refractivity contribution is -0.269. The van der Waals surface area contributed by atoms with Crippen molar-refractivity contribution in [1.82, 2.24) is 0 Å². The molecule has 0 radical (unpaired) electrons. The van der Waals surface area contributed by atoms with Gasteiger partial charge in [-0.15, -0.1) is 0 Å². The van der Waals surface area contributed by atoms with Crippen LogP contribution in [-0.2, 0) is 4.79 Å². The third-order valence-corrected chi connectivity index (χ3v) is 3.59. The number of rotatable bonds is 5. The van der Waals surface area contributed by atoms with Crippen molar-refractivity contribution in [3.8, 4) is 0 Å². The van der Waals surface area contributed by atoms with E-state index in [-0.39, 0.29) is 5.69 Å². The van der Waals surface area contributed by atoms with Crippen molar-refractivity contribution < 1.29 is 35.5 Å². The summed E-state index contributed by atoms with van der Waals surface area (Å²) in [5, 5.41) is -2.60. The minimum atomic E-state index is -6.25. The van der Waals surface area contributed by atoms with Gasteiger partial charge in [-0.05, 0) is 23.1 Å². The minimum Gasteiger partial charge on any atom is -0.322 e. The molecule has 140 valence electrons. The number of carbonyl (C=O) groups is 1. The summed E-state index contributed by atoms with van der Waals surface area (Å²) < 4.78 is 91.0. The van der Waals surface area contributed by atoms with Gasteiger partial charge in [-0.1, -0.05) is 36.4 Å². The second-order valence-electron chi connectivity index (χ2n) is 5.15. The number of carbonyl (C=O) groups excluding carboxylic acids is 1. The van der Waals surface area contributed by atoms with E-state index in [0.29, 0.717) is 10.8 Å². The molecule has 1 N–H and O–H groups in total. The molecular weight excluding hydrogens is 391 g/mol. The molecule has 0 fully saturated rings. The lowest BCUT2D eigenvalue weighted by atomic mass is 10.1. The first-order chi connectivity index (χ1) is 11.9. The van der Waals surface area contributed by atoms with E-state index in [4.69, 9.17) is 0 Å². The first-order valence-electron chi connectivity index (χ1n) is 6.86. The zero-order valence-corrected chi connectivity index (χ0v) is 13.3. The van der Waals surface area contributed by atoms with Crippen LogP contribution < -0.4 is 5.32 Å². The van der Waals surface area contributed by atoms with Gasteiger partial charge >= 0.3 is 17.2 Å². The van der Waals surface area contributed by atoms with Gasteiger partial charge in [0.25, 0.3) is 5.91 Å². The summed E-state index contributed by atoms with van der Waals surface area (Å²) in [6, 6.07) is 11.0. The molecule has 0 aromatic heterocycles. The molecule has 0 unspecified atom stereocenters. The Kier molecular flexibility index (Phi) is 5.23. The summed E-state index contributed by atoms with van der Waals surface area (Å²) >= 11 is 3.93. The van der Waals surface area contributed by atoms with E-state index in [1.165, 1.54) is 12.1 Å². The summed E-state index contributed by atoms with van der Waals surface area (Å²) in [5.41, 5.74) is 0.0786. The second-order valence-corrected chi connectivity index (χ2v) is 5.63. The third-order valence-electron chi connectivity index (χ3n) is 3.36. The molecule has 0 aliphatic rings. The van der Waals surface area contributed by atoms with Gasteiger partial charge in [-0.3, -0.25) is 4.79 Å². The van der Waals surface area contributed by atoms with Crippen LogP contribution in [0.1, 0.15) is 0 Å². The average molecular weight is 400 g/mol. The number of benzene rings is 2. The van der Waals surface area contributed by atoms with E-state index in [1.54, 1.807) is 30.3 Å². The van der Waals surface area contributed by atoms with Gasteiger partial charge in [-0.2, -0.15) is 26.3 Å². The Bertz CT molecular complexity index is 856. The Hall–Kier alpha value is -2.29. The fourth-order valence-corrected chi connectivity index (χ4v) is 2.16. The standard InChI is InChI=1S/C16H9ClF7NO/c17-16(23,24)15(21,22)14(19,20)12(18)8-13(26)25-11-7-3-5-9-4-1-2-6-10(9)11/h1-8H,(H,25,26)/b12-8-. The van der Waals surface area contributed by atoms with Gasteiger partial charge in [0.1, 0.15) is 0 Å². The fraction of sp³-hybridized carbons (Fsp3) is 0.188. The highest BCUT2D eigenvalue weighted by Gasteiger charge is 2.73. The number of fused-ring (bicyclic) bond motifs is 1. The average Bonchev–Trinajstić information content (AvgIpc) is 2.53. The molecule has 0 atom stereocenters. The third kappa shape index (κ3) is 3.62. The molecule has 0 aliphatic carbocycles. The van der Waals surface area contributed by atoms with Crippen LogP contribution in [0, 0.1) is 0 Å². The fourth-order valence-electron chi connectivity index (χ4n) is 2.04. The molecule has 26 heavy (non-hydrogen) atoms. The van der Waals surface area contributed by atoms with Gasteiger partial charge in [0, 0.05) is 17.1 Å². The monoisotopic (exact) mass is 399 g/mol. The summed E-state index contributed by atoms with van der Waals surface area (Å²) in [6.07, 6.45) is -0.529. The maximum absolute atomic E-state index is 13.5. The minimum absolute atomic E-state index is 0.0786. The van der Waals surface area contributed by atoms with Crippen LogP contribution in [0.3, 0.4) is 0 Å². The zero-order valence-electron chi connectivity index (χ0n) is 12.6. The highest BCUT2D eigenvalue weighted by Crippen LogP contribution is 2.51. The summed E-state index contributed by atoms with van der Waals surface area (Å²) in [6.45, 7) is 0. The molecule has 2 rings (SSSR count). The normalized spacial score (nSPS) is 13.8. The number of anilines is 1. The Morgan fingerprint density at radius 3 is 2.15 bits per heavy atom. The Morgan fingerprint density at radius 1 is 0.962 bits per heavy atom. The molecule has 1 amide bonds. The number of hydrogen-bond acceptors (Lipinski definition) is 1. The van der Waals surface area contributed by atoms with E-state index in [1.807, 2.05) is 5.32 Å². The van der Waals surface area contributed by atoms with E-state index in [0.717, 1.165) is 0 Å². The quantitative estimate of drug-likeness (QED) is 0.388. The van der Waals surface area contributed by atoms with Crippen molar-refractivity contribution in [2.24, 2.45) is 0 Å². The number of allylic oxidation sites excluding steroid dienone is 1. The molecule has 0 saturated carbocycles. The van der Waals surface area contributed by atoms with Crippen molar-refractivity contribution >= 4 is 34.0 Å². The van der Waals surface area contributed by atoms with Crippen LogP contribution in [0.2, 0.25) is 0 Å². The highest BCUT2D eigenvalue weighted by atomic mass is 35.5. The molecule has 0 spiro atoms. The van der Waals surface area contributed by atoms with Gasteiger partial charge < -0.3 is 5.32 Å². The smallest absolute Gasteiger partial charge is 0.322 e. The molecule has 2 nitrogen and oxygen atoms in total. The van der Waals surface area contributed by atoms with E-state index >= 15 is 0 Å². The van der Waals surface area contributed by atoms with Crippen LogP contribution in [0.15, 0.2) is 54.4 Å². The molecule has 0 saturated heterocycles. The van der Waals surface area contributed by atoms with Crippen LogP contribution in [0.25, 0.3) is 10.8 Å². The summed E-state index contributed by atoms with van der Waals surface area (Å²) in [5.74, 6) is -16.8. The maximum Gasteiger partial charge on any atom is 0.393 e. The first kappa shape index (κ1) is 20.0. The van der Waals surface area contributed by atoms with Gasteiger partial charge in [0.05, 0.1) is 0 Å². The number of nitrogens with one attached hydrogen (secondary N) is 1. The van der Waals surface area contributed by atoms with Crippen LogP contribution in [0.5, 0.6) is 0 Å². The first-order valence-corrected chi connectivity index (χ1v) is 7.24. The lowest BCUT2D eigenvalue weighted by Crippen LogP contribution is -2.51. The lowest BCUT2D eigenvalue weighted by Gasteiger charge is -2.27. The van der Waals surface area contributed by atoms with Crippen molar-refractivity contribution in [3.05, 3.63) is 54.4 Å². The van der Waals surface area contributed by atoms with Crippen molar-refractivity contribution in [3.63, 3.8) is 0 Å². The highest BCUT2D eigenvalue weighted by molar-refractivity contribution is 6.22. The summed E-state index contributed by atoms with van der Waals surface area (Å²) in [7, 11) is 0. The molecule has 0 heterocycles. The molecule has 2 aromatic rings. The Morgan fingerprint density at radius 2 is 1.54 bits per heavy atom. The molecule has 0 aliphatic heterocycles. The molecule has 0 bridgehead atoms. The van der Waals surface area contributed by atoms with E-state index in [9.17, 15) is 35.5 Å². The largest absolute Gasteiger partial charge is 0.393 e. The molecule has 2 aromatic carbocycles.